The monoisotopic (exact) mass is 428 g/mol. The summed E-state index contributed by atoms with van der Waals surface area (Å²) in [6.07, 6.45) is 6.14. The highest BCUT2D eigenvalue weighted by Crippen LogP contribution is 2.38. The molecule has 1 aliphatic carbocycles. The van der Waals surface area contributed by atoms with Gasteiger partial charge in [-0.05, 0) is 43.4 Å². The number of aliphatic imine (C=N–C) groups is 1. The second-order valence-electron chi connectivity index (χ2n) is 8.79. The maximum absolute atomic E-state index is 12.8. The maximum atomic E-state index is 12.8. The molecule has 1 aromatic carbocycles. The molecule has 0 bridgehead atoms. The summed E-state index contributed by atoms with van der Waals surface area (Å²) in [6.45, 7) is 2.80. The number of nitrogens with one attached hydrogen (secondary N) is 3. The molecular formula is C23H36N6O2. The minimum Gasteiger partial charge on any atom is -0.355 e. The van der Waals surface area contributed by atoms with E-state index in [-0.39, 0.29) is 17.4 Å². The van der Waals surface area contributed by atoms with E-state index in [1.807, 2.05) is 43.3 Å². The molecule has 31 heavy (non-hydrogen) atoms. The Bertz CT molecular complexity index is 795. The molecule has 0 aromatic heterocycles. The smallest absolute Gasteiger partial charge is 0.321 e. The third-order valence-corrected chi connectivity index (χ3v) is 6.27. The first-order chi connectivity index (χ1) is 14.9. The van der Waals surface area contributed by atoms with Crippen molar-refractivity contribution >= 4 is 23.6 Å². The first kappa shape index (κ1) is 22.9. The van der Waals surface area contributed by atoms with E-state index in [9.17, 15) is 9.59 Å². The normalized spacial score (nSPS) is 18.0. The lowest BCUT2D eigenvalue weighted by molar-refractivity contribution is -0.138. The summed E-state index contributed by atoms with van der Waals surface area (Å²) in [5, 5.41) is 9.67. The Morgan fingerprint density at radius 3 is 2.45 bits per heavy atom. The predicted octanol–water partition coefficient (Wildman–Crippen LogP) is 2.63. The van der Waals surface area contributed by atoms with Gasteiger partial charge in [0.05, 0.1) is 5.41 Å². The third-order valence-electron chi connectivity index (χ3n) is 6.27. The lowest BCUT2D eigenvalue weighted by Crippen LogP contribution is -2.49. The van der Waals surface area contributed by atoms with Crippen LogP contribution >= 0.6 is 0 Å². The van der Waals surface area contributed by atoms with Crippen LogP contribution in [-0.4, -0.2) is 68.5 Å². The molecule has 170 valence electrons. The summed E-state index contributed by atoms with van der Waals surface area (Å²) in [5.41, 5.74) is 1.49. The molecule has 8 nitrogen and oxygen atoms in total. The second-order valence-corrected chi connectivity index (χ2v) is 8.79. The van der Waals surface area contributed by atoms with Crippen molar-refractivity contribution in [1.29, 1.82) is 0 Å². The van der Waals surface area contributed by atoms with Crippen LogP contribution in [0.4, 0.5) is 10.5 Å². The minimum absolute atomic E-state index is 0.0347. The van der Waals surface area contributed by atoms with Crippen LogP contribution in [0.25, 0.3) is 0 Å². The highest BCUT2D eigenvalue weighted by Gasteiger charge is 2.42. The summed E-state index contributed by atoms with van der Waals surface area (Å²) in [6, 6.07) is 7.80. The number of benzene rings is 1. The Kier molecular flexibility index (Phi) is 7.76. The zero-order valence-electron chi connectivity index (χ0n) is 19.0. The van der Waals surface area contributed by atoms with E-state index in [1.165, 1.54) is 0 Å². The van der Waals surface area contributed by atoms with E-state index >= 15 is 0 Å². The van der Waals surface area contributed by atoms with E-state index in [4.69, 9.17) is 0 Å². The predicted molar refractivity (Wildman–Crippen MR) is 124 cm³/mol. The zero-order valence-corrected chi connectivity index (χ0v) is 19.0. The summed E-state index contributed by atoms with van der Waals surface area (Å²) in [5.74, 6) is 0.860. The molecule has 1 aromatic rings. The van der Waals surface area contributed by atoms with Gasteiger partial charge in [0.2, 0.25) is 5.91 Å². The second kappa shape index (κ2) is 10.5. The van der Waals surface area contributed by atoms with Crippen LogP contribution in [-0.2, 0) is 11.3 Å². The molecule has 2 aliphatic rings. The van der Waals surface area contributed by atoms with E-state index in [0.717, 1.165) is 62.9 Å². The van der Waals surface area contributed by atoms with Crippen molar-refractivity contribution in [2.75, 3.05) is 46.1 Å². The van der Waals surface area contributed by atoms with Crippen LogP contribution in [0.2, 0.25) is 0 Å². The van der Waals surface area contributed by atoms with Crippen LogP contribution in [0.3, 0.4) is 0 Å². The first-order valence-electron chi connectivity index (χ1n) is 11.2. The highest BCUT2D eigenvalue weighted by molar-refractivity contribution is 5.89. The van der Waals surface area contributed by atoms with E-state index in [0.29, 0.717) is 19.0 Å². The molecular weight excluding hydrogens is 392 g/mol. The average Bonchev–Trinajstić information content (AvgIpc) is 3.46. The molecule has 3 rings (SSSR count). The molecule has 1 saturated carbocycles. The third kappa shape index (κ3) is 5.89. The Balaban J connectivity index is 1.53. The number of anilines is 1. The number of rotatable bonds is 6. The van der Waals surface area contributed by atoms with Gasteiger partial charge in [0.1, 0.15) is 0 Å². The van der Waals surface area contributed by atoms with Gasteiger partial charge in [0.25, 0.3) is 0 Å². The number of likely N-dealkylation sites (tertiary alicyclic amines) is 1. The van der Waals surface area contributed by atoms with E-state index < -0.39 is 0 Å². The molecule has 0 spiro atoms. The SMILES string of the molecule is CN=C(NCc1cccc(NC(=O)N2CCCC2)c1)NCC1(C(=O)N(C)C)CCCC1. The summed E-state index contributed by atoms with van der Waals surface area (Å²) < 4.78 is 0. The quantitative estimate of drug-likeness (QED) is 0.480. The first-order valence-corrected chi connectivity index (χ1v) is 11.2. The van der Waals surface area contributed by atoms with Gasteiger partial charge in [-0.2, -0.15) is 0 Å². The molecule has 2 fully saturated rings. The number of carbonyl (C=O) groups excluding carboxylic acids is 2. The van der Waals surface area contributed by atoms with Crippen LogP contribution in [0, 0.1) is 5.41 Å². The topological polar surface area (TPSA) is 89.1 Å². The standard InChI is InChI=1S/C23H36N6O2/c1-24-21(26-17-23(11-4-5-12-23)20(30)28(2)3)25-16-18-9-8-10-19(15-18)27-22(31)29-13-6-7-14-29/h8-10,15H,4-7,11-14,16-17H2,1-3H3,(H,27,31)(H2,24,25,26). The minimum atomic E-state index is -0.346. The number of hydrogen-bond acceptors (Lipinski definition) is 3. The molecule has 1 aliphatic heterocycles. The molecule has 0 unspecified atom stereocenters. The molecule has 0 atom stereocenters. The lowest BCUT2D eigenvalue weighted by atomic mass is 9.84. The van der Waals surface area contributed by atoms with Gasteiger partial charge in [0.15, 0.2) is 5.96 Å². The van der Waals surface area contributed by atoms with Crippen molar-refractivity contribution in [3.8, 4) is 0 Å². The van der Waals surface area contributed by atoms with Gasteiger partial charge >= 0.3 is 6.03 Å². The fraction of sp³-hybridized carbons (Fsp3) is 0.609. The van der Waals surface area contributed by atoms with E-state index in [1.54, 1.807) is 11.9 Å². The molecule has 3 N–H and O–H groups in total. The van der Waals surface area contributed by atoms with Crippen molar-refractivity contribution in [2.24, 2.45) is 10.4 Å². The van der Waals surface area contributed by atoms with Crippen LogP contribution in [0.5, 0.6) is 0 Å². The molecule has 3 amide bonds. The molecule has 1 heterocycles. The molecule has 8 heteroatoms. The van der Waals surface area contributed by atoms with Gasteiger partial charge in [-0.15, -0.1) is 0 Å². The Morgan fingerprint density at radius 1 is 1.10 bits per heavy atom. The van der Waals surface area contributed by atoms with Crippen molar-refractivity contribution in [3.05, 3.63) is 29.8 Å². The van der Waals surface area contributed by atoms with Gasteiger partial charge in [-0.3, -0.25) is 9.79 Å². The average molecular weight is 429 g/mol. The Morgan fingerprint density at radius 2 is 1.81 bits per heavy atom. The van der Waals surface area contributed by atoms with Crippen LogP contribution in [0.1, 0.15) is 44.1 Å². The van der Waals surface area contributed by atoms with Crippen LogP contribution in [0.15, 0.2) is 29.3 Å². The number of hydrogen-bond donors (Lipinski definition) is 3. The Labute approximate surface area is 185 Å². The van der Waals surface area contributed by atoms with Crippen molar-refractivity contribution in [2.45, 2.75) is 45.1 Å². The van der Waals surface area contributed by atoms with Gasteiger partial charge < -0.3 is 25.8 Å². The van der Waals surface area contributed by atoms with E-state index in [2.05, 4.69) is 20.9 Å². The van der Waals surface area contributed by atoms with Crippen molar-refractivity contribution < 1.29 is 9.59 Å². The molecule has 0 radical (unpaired) electrons. The largest absolute Gasteiger partial charge is 0.355 e. The maximum Gasteiger partial charge on any atom is 0.321 e. The number of urea groups is 1. The number of nitrogens with zero attached hydrogens (tertiary/aromatic N) is 3. The number of carbonyl (C=O) groups is 2. The van der Waals surface area contributed by atoms with Gasteiger partial charge in [0, 0.05) is 53.0 Å². The summed E-state index contributed by atoms with van der Waals surface area (Å²) in [7, 11) is 5.38. The van der Waals surface area contributed by atoms with Gasteiger partial charge in [-0.25, -0.2) is 4.79 Å². The highest BCUT2D eigenvalue weighted by atomic mass is 16.2. The molecule has 1 saturated heterocycles. The van der Waals surface area contributed by atoms with Crippen molar-refractivity contribution in [1.82, 2.24) is 20.4 Å². The number of guanidine groups is 1. The van der Waals surface area contributed by atoms with Crippen LogP contribution < -0.4 is 16.0 Å². The number of amides is 3. The van der Waals surface area contributed by atoms with Crippen molar-refractivity contribution in [3.63, 3.8) is 0 Å². The lowest BCUT2D eigenvalue weighted by Gasteiger charge is -2.31. The Hall–Kier alpha value is -2.77. The zero-order chi connectivity index (χ0) is 22.3. The fourth-order valence-corrected chi connectivity index (χ4v) is 4.53. The van der Waals surface area contributed by atoms with Gasteiger partial charge in [-0.1, -0.05) is 25.0 Å². The summed E-state index contributed by atoms with van der Waals surface area (Å²) in [4.78, 5) is 32.9. The fourth-order valence-electron chi connectivity index (χ4n) is 4.53. The summed E-state index contributed by atoms with van der Waals surface area (Å²) >= 11 is 0.